The van der Waals surface area contributed by atoms with Crippen molar-refractivity contribution in [2.45, 2.75) is 19.8 Å². The molecule has 4 rings (SSSR count). The van der Waals surface area contributed by atoms with Gasteiger partial charge in [-0.15, -0.1) is 0 Å². The average molecular weight is 373 g/mol. The van der Waals surface area contributed by atoms with Gasteiger partial charge >= 0.3 is 0 Å². The van der Waals surface area contributed by atoms with E-state index in [0.29, 0.717) is 23.4 Å². The van der Waals surface area contributed by atoms with Crippen LogP contribution in [0.3, 0.4) is 0 Å². The van der Waals surface area contributed by atoms with Crippen LogP contribution in [0.15, 0.2) is 54.7 Å². The van der Waals surface area contributed by atoms with Crippen molar-refractivity contribution in [3.05, 3.63) is 71.4 Å². The van der Waals surface area contributed by atoms with Crippen molar-refractivity contribution < 1.29 is 14.4 Å². The topological polar surface area (TPSA) is 79.4 Å². The van der Waals surface area contributed by atoms with E-state index >= 15 is 0 Å². The first-order chi connectivity index (χ1) is 13.6. The number of rotatable bonds is 5. The SMILES string of the molecule is CCCCN1C(=O)c2ccc(C(=O)Nc3cccc4ncccc34)cc2C1=O. The highest BCUT2D eigenvalue weighted by Gasteiger charge is 2.35. The second-order valence-electron chi connectivity index (χ2n) is 6.71. The minimum absolute atomic E-state index is 0.285. The fourth-order valence-corrected chi connectivity index (χ4v) is 3.36. The highest BCUT2D eigenvalue weighted by molar-refractivity contribution is 6.22. The zero-order chi connectivity index (χ0) is 19.7. The number of imide groups is 1. The third-order valence-corrected chi connectivity index (χ3v) is 4.86. The molecular formula is C22H19N3O3. The number of pyridine rings is 1. The molecule has 140 valence electrons. The Balaban J connectivity index is 1.61. The van der Waals surface area contributed by atoms with Gasteiger partial charge in [-0.2, -0.15) is 0 Å². The summed E-state index contributed by atoms with van der Waals surface area (Å²) in [5.41, 5.74) is 2.39. The first kappa shape index (κ1) is 17.9. The van der Waals surface area contributed by atoms with E-state index in [1.54, 1.807) is 24.4 Å². The summed E-state index contributed by atoms with van der Waals surface area (Å²) in [5, 5.41) is 3.71. The zero-order valence-corrected chi connectivity index (χ0v) is 15.4. The van der Waals surface area contributed by atoms with Crippen LogP contribution in [0.2, 0.25) is 0 Å². The number of benzene rings is 2. The molecule has 3 amide bonds. The number of carbonyl (C=O) groups is 3. The standard InChI is InChI=1S/C22H19N3O3/c1-2-3-12-25-21(27)15-10-9-14(13-17(15)22(25)28)20(26)24-19-8-4-7-18-16(19)6-5-11-23-18/h4-11,13H,2-3,12H2,1H3,(H,24,26). The number of carbonyl (C=O) groups excluding carboxylic acids is 3. The fraction of sp³-hybridized carbons (Fsp3) is 0.182. The van der Waals surface area contributed by atoms with Crippen LogP contribution in [-0.2, 0) is 0 Å². The van der Waals surface area contributed by atoms with Crippen molar-refractivity contribution in [2.24, 2.45) is 0 Å². The van der Waals surface area contributed by atoms with Crippen LogP contribution >= 0.6 is 0 Å². The Labute approximate surface area is 162 Å². The maximum Gasteiger partial charge on any atom is 0.261 e. The Kier molecular flexibility index (Phi) is 4.61. The number of nitrogens with one attached hydrogen (secondary N) is 1. The van der Waals surface area contributed by atoms with Gasteiger partial charge in [-0.25, -0.2) is 0 Å². The molecule has 1 N–H and O–H groups in total. The number of aromatic nitrogens is 1. The van der Waals surface area contributed by atoms with Gasteiger partial charge in [0, 0.05) is 23.7 Å². The lowest BCUT2D eigenvalue weighted by atomic mass is 10.0. The lowest BCUT2D eigenvalue weighted by Crippen LogP contribution is -2.30. The smallest absolute Gasteiger partial charge is 0.261 e. The Morgan fingerprint density at radius 1 is 1.04 bits per heavy atom. The van der Waals surface area contributed by atoms with Gasteiger partial charge in [-0.05, 0) is 48.9 Å². The third-order valence-electron chi connectivity index (χ3n) is 4.86. The molecule has 0 fully saturated rings. The average Bonchev–Trinajstić information content (AvgIpc) is 2.96. The Hall–Kier alpha value is -3.54. The lowest BCUT2D eigenvalue weighted by molar-refractivity contribution is 0.0652. The molecule has 0 saturated carbocycles. The van der Waals surface area contributed by atoms with Crippen molar-refractivity contribution in [1.29, 1.82) is 0 Å². The zero-order valence-electron chi connectivity index (χ0n) is 15.4. The first-order valence-electron chi connectivity index (χ1n) is 9.25. The summed E-state index contributed by atoms with van der Waals surface area (Å²) in [6.45, 7) is 2.40. The molecule has 0 unspecified atom stereocenters. The number of unbranched alkanes of at least 4 members (excludes halogenated alkanes) is 1. The summed E-state index contributed by atoms with van der Waals surface area (Å²) < 4.78 is 0. The molecule has 1 aliphatic rings. The molecule has 0 spiro atoms. The molecule has 0 saturated heterocycles. The van der Waals surface area contributed by atoms with Gasteiger partial charge in [0.1, 0.15) is 0 Å². The van der Waals surface area contributed by atoms with Crippen LogP contribution in [-0.4, -0.2) is 34.2 Å². The largest absolute Gasteiger partial charge is 0.321 e. The van der Waals surface area contributed by atoms with Gasteiger partial charge in [-0.1, -0.05) is 19.4 Å². The molecule has 0 bridgehead atoms. The van der Waals surface area contributed by atoms with E-state index in [9.17, 15) is 14.4 Å². The predicted octanol–water partition coefficient (Wildman–Crippen LogP) is 3.88. The predicted molar refractivity (Wildman–Crippen MR) is 106 cm³/mol. The summed E-state index contributed by atoms with van der Waals surface area (Å²) in [6, 6.07) is 13.8. The molecule has 2 heterocycles. The van der Waals surface area contributed by atoms with Crippen LogP contribution in [0.4, 0.5) is 5.69 Å². The van der Waals surface area contributed by atoms with Crippen LogP contribution in [0.5, 0.6) is 0 Å². The maximum absolute atomic E-state index is 12.8. The first-order valence-corrected chi connectivity index (χ1v) is 9.25. The van der Waals surface area contributed by atoms with E-state index in [2.05, 4.69) is 10.3 Å². The number of anilines is 1. The molecule has 6 heteroatoms. The monoisotopic (exact) mass is 373 g/mol. The van der Waals surface area contributed by atoms with Gasteiger partial charge in [0.2, 0.25) is 0 Å². The van der Waals surface area contributed by atoms with Gasteiger partial charge in [-0.3, -0.25) is 24.3 Å². The Bertz CT molecular complexity index is 1100. The molecule has 28 heavy (non-hydrogen) atoms. The second-order valence-corrected chi connectivity index (χ2v) is 6.71. The minimum atomic E-state index is -0.341. The molecular weight excluding hydrogens is 354 g/mol. The molecule has 2 aromatic carbocycles. The van der Waals surface area contributed by atoms with Gasteiger partial charge in [0.25, 0.3) is 17.7 Å². The number of hydrogen-bond acceptors (Lipinski definition) is 4. The van der Waals surface area contributed by atoms with Crippen LogP contribution < -0.4 is 5.32 Å². The van der Waals surface area contributed by atoms with E-state index in [1.165, 1.54) is 11.0 Å². The van der Waals surface area contributed by atoms with Crippen molar-refractivity contribution in [1.82, 2.24) is 9.88 Å². The Morgan fingerprint density at radius 2 is 1.86 bits per heavy atom. The highest BCUT2D eigenvalue weighted by atomic mass is 16.2. The fourth-order valence-electron chi connectivity index (χ4n) is 3.36. The lowest BCUT2D eigenvalue weighted by Gasteiger charge is -2.12. The van der Waals surface area contributed by atoms with Crippen LogP contribution in [0, 0.1) is 0 Å². The highest BCUT2D eigenvalue weighted by Crippen LogP contribution is 2.26. The second kappa shape index (κ2) is 7.23. The third kappa shape index (κ3) is 3.03. The van der Waals surface area contributed by atoms with E-state index in [4.69, 9.17) is 0 Å². The van der Waals surface area contributed by atoms with E-state index < -0.39 is 0 Å². The van der Waals surface area contributed by atoms with E-state index in [1.807, 2.05) is 31.2 Å². The minimum Gasteiger partial charge on any atom is -0.321 e. The summed E-state index contributed by atoms with van der Waals surface area (Å²) in [5.74, 6) is -0.968. The normalized spacial score (nSPS) is 13.1. The number of nitrogens with zero attached hydrogens (tertiary/aromatic N) is 2. The van der Waals surface area contributed by atoms with E-state index in [0.717, 1.165) is 23.7 Å². The van der Waals surface area contributed by atoms with Gasteiger partial charge in [0.05, 0.1) is 22.3 Å². The van der Waals surface area contributed by atoms with Crippen LogP contribution in [0.25, 0.3) is 10.9 Å². The summed E-state index contributed by atoms with van der Waals surface area (Å²) in [7, 11) is 0. The summed E-state index contributed by atoms with van der Waals surface area (Å²) in [4.78, 5) is 43.3. The summed E-state index contributed by atoms with van der Waals surface area (Å²) in [6.07, 6.45) is 3.34. The number of hydrogen-bond donors (Lipinski definition) is 1. The number of fused-ring (bicyclic) bond motifs is 2. The van der Waals surface area contributed by atoms with Crippen molar-refractivity contribution in [2.75, 3.05) is 11.9 Å². The molecule has 0 aliphatic carbocycles. The quantitative estimate of drug-likeness (QED) is 0.688. The Morgan fingerprint density at radius 3 is 2.68 bits per heavy atom. The summed E-state index contributed by atoms with van der Waals surface area (Å²) >= 11 is 0. The molecule has 3 aromatic rings. The van der Waals surface area contributed by atoms with Crippen molar-refractivity contribution >= 4 is 34.3 Å². The molecule has 0 atom stereocenters. The molecule has 0 radical (unpaired) electrons. The van der Waals surface area contributed by atoms with Crippen molar-refractivity contribution in [3.8, 4) is 0 Å². The van der Waals surface area contributed by atoms with Gasteiger partial charge in [0.15, 0.2) is 0 Å². The van der Waals surface area contributed by atoms with Crippen LogP contribution in [0.1, 0.15) is 50.8 Å². The van der Waals surface area contributed by atoms with Gasteiger partial charge < -0.3 is 5.32 Å². The number of amides is 3. The molecule has 1 aliphatic heterocycles. The molecule has 6 nitrogen and oxygen atoms in total. The van der Waals surface area contributed by atoms with E-state index in [-0.39, 0.29) is 23.3 Å². The van der Waals surface area contributed by atoms with Crippen molar-refractivity contribution in [3.63, 3.8) is 0 Å². The molecule has 1 aromatic heterocycles. The maximum atomic E-state index is 12.8.